The smallest absolute Gasteiger partial charge is 0.408 e. The Balaban J connectivity index is 2.77. The monoisotopic (exact) mass is 139 g/mol. The molecule has 1 amide bonds. The van der Waals surface area contributed by atoms with Gasteiger partial charge in [-0.3, -0.25) is 0 Å². The lowest BCUT2D eigenvalue weighted by Crippen LogP contribution is -2.27. The topological polar surface area (TPSA) is 38.3 Å². The Labute approximate surface area is 59.4 Å². The van der Waals surface area contributed by atoms with Gasteiger partial charge in [-0.05, 0) is 12.2 Å². The van der Waals surface area contributed by atoms with Crippen molar-refractivity contribution in [3.8, 4) is 0 Å². The zero-order valence-corrected chi connectivity index (χ0v) is 5.59. The van der Waals surface area contributed by atoms with Crippen LogP contribution in [-0.2, 0) is 4.74 Å². The van der Waals surface area contributed by atoms with E-state index in [9.17, 15) is 4.79 Å². The number of hydrogen-bond donors (Lipinski definition) is 1. The van der Waals surface area contributed by atoms with Crippen LogP contribution in [0.15, 0.2) is 25.3 Å². The van der Waals surface area contributed by atoms with Crippen LogP contribution in [0.2, 0.25) is 0 Å². The second-order valence-electron chi connectivity index (χ2n) is 2.11. The lowest BCUT2D eigenvalue weighted by molar-refractivity contribution is 0.125. The fourth-order valence-corrected chi connectivity index (χ4v) is 0.766. The Hall–Kier alpha value is -1.25. The van der Waals surface area contributed by atoms with Crippen LogP contribution in [0.4, 0.5) is 4.79 Å². The van der Waals surface area contributed by atoms with Crippen LogP contribution in [0.1, 0.15) is 0 Å². The Bertz CT molecular complexity index is 178. The molecule has 1 aliphatic rings. The lowest BCUT2D eigenvalue weighted by Gasteiger charge is -2.15. The Kier molecular flexibility index (Phi) is 1.49. The minimum Gasteiger partial charge on any atom is -0.433 e. The molecule has 0 spiro atoms. The molecule has 0 unspecified atom stereocenters. The van der Waals surface area contributed by atoms with Crippen LogP contribution >= 0.6 is 0 Å². The summed E-state index contributed by atoms with van der Waals surface area (Å²) in [6.07, 6.45) is 2.69. The standard InChI is InChI=1S/C7H9NO2/c1-3-7(4-2)5-8-6(9)10-7/h3-4H,1-2,5H2,(H,8,9). The first-order valence-electron chi connectivity index (χ1n) is 2.96. The van der Waals surface area contributed by atoms with E-state index in [0.717, 1.165) is 0 Å². The van der Waals surface area contributed by atoms with E-state index in [4.69, 9.17) is 4.74 Å². The maximum absolute atomic E-state index is 10.5. The number of amides is 1. The summed E-state index contributed by atoms with van der Waals surface area (Å²) < 4.78 is 4.86. The molecule has 0 saturated carbocycles. The summed E-state index contributed by atoms with van der Waals surface area (Å²) in [4.78, 5) is 10.5. The van der Waals surface area contributed by atoms with E-state index in [1.807, 2.05) is 0 Å². The first kappa shape index (κ1) is 6.86. The highest BCUT2D eigenvalue weighted by molar-refractivity contribution is 5.71. The van der Waals surface area contributed by atoms with Crippen LogP contribution in [-0.4, -0.2) is 18.2 Å². The molecule has 3 nitrogen and oxygen atoms in total. The molecule has 0 aromatic rings. The molecule has 10 heavy (non-hydrogen) atoms. The van der Waals surface area contributed by atoms with Gasteiger partial charge < -0.3 is 10.1 Å². The van der Waals surface area contributed by atoms with Crippen LogP contribution in [0.3, 0.4) is 0 Å². The Morgan fingerprint density at radius 2 is 2.20 bits per heavy atom. The highest BCUT2D eigenvalue weighted by Gasteiger charge is 2.33. The SMILES string of the molecule is C=CC1(C=C)CNC(=O)O1. The predicted molar refractivity (Wildman–Crippen MR) is 37.6 cm³/mol. The molecular weight excluding hydrogens is 130 g/mol. The maximum atomic E-state index is 10.5. The fraction of sp³-hybridized carbons (Fsp3) is 0.286. The molecule has 0 atom stereocenters. The van der Waals surface area contributed by atoms with Gasteiger partial charge in [-0.1, -0.05) is 13.2 Å². The van der Waals surface area contributed by atoms with Crippen LogP contribution < -0.4 is 5.32 Å². The number of ether oxygens (including phenoxy) is 1. The second-order valence-corrected chi connectivity index (χ2v) is 2.11. The second kappa shape index (κ2) is 2.17. The molecular formula is C7H9NO2. The van der Waals surface area contributed by atoms with Gasteiger partial charge in [0.25, 0.3) is 0 Å². The molecule has 1 rings (SSSR count). The molecule has 0 bridgehead atoms. The van der Waals surface area contributed by atoms with E-state index < -0.39 is 11.7 Å². The van der Waals surface area contributed by atoms with Crippen molar-refractivity contribution in [2.24, 2.45) is 0 Å². The zero-order chi connectivity index (χ0) is 7.61. The van der Waals surface area contributed by atoms with Gasteiger partial charge in [-0.15, -0.1) is 0 Å². The third-order valence-electron chi connectivity index (χ3n) is 1.48. The van der Waals surface area contributed by atoms with E-state index >= 15 is 0 Å². The van der Waals surface area contributed by atoms with E-state index in [1.165, 1.54) is 0 Å². The van der Waals surface area contributed by atoms with Crippen molar-refractivity contribution in [3.05, 3.63) is 25.3 Å². The third kappa shape index (κ3) is 0.900. The van der Waals surface area contributed by atoms with Gasteiger partial charge in [-0.2, -0.15) is 0 Å². The summed E-state index contributed by atoms with van der Waals surface area (Å²) >= 11 is 0. The van der Waals surface area contributed by atoms with E-state index in [1.54, 1.807) is 12.2 Å². The predicted octanol–water partition coefficient (Wildman–Crippen LogP) is 0.837. The largest absolute Gasteiger partial charge is 0.433 e. The maximum Gasteiger partial charge on any atom is 0.408 e. The third-order valence-corrected chi connectivity index (χ3v) is 1.48. The number of carbonyl (C=O) groups is 1. The number of alkyl carbamates (subject to hydrolysis) is 1. The molecule has 1 fully saturated rings. The zero-order valence-electron chi connectivity index (χ0n) is 5.59. The molecule has 3 heteroatoms. The van der Waals surface area contributed by atoms with Crippen molar-refractivity contribution >= 4 is 6.09 Å². The summed E-state index contributed by atoms with van der Waals surface area (Å²) in [5.74, 6) is 0. The molecule has 0 radical (unpaired) electrons. The van der Waals surface area contributed by atoms with E-state index in [-0.39, 0.29) is 0 Å². The summed E-state index contributed by atoms with van der Waals surface area (Å²) in [5, 5.41) is 2.51. The van der Waals surface area contributed by atoms with Crippen LogP contribution in [0, 0.1) is 0 Å². The minimum absolute atomic E-state index is 0.417. The Morgan fingerprint density at radius 3 is 2.40 bits per heavy atom. The van der Waals surface area contributed by atoms with Gasteiger partial charge >= 0.3 is 6.09 Å². The fourth-order valence-electron chi connectivity index (χ4n) is 0.766. The van der Waals surface area contributed by atoms with Crippen LogP contribution in [0.25, 0.3) is 0 Å². The van der Waals surface area contributed by atoms with Crippen molar-refractivity contribution < 1.29 is 9.53 Å². The van der Waals surface area contributed by atoms with Gasteiger partial charge in [0, 0.05) is 0 Å². The number of nitrogens with one attached hydrogen (secondary N) is 1. The molecule has 0 aliphatic carbocycles. The van der Waals surface area contributed by atoms with Crippen molar-refractivity contribution in [3.63, 3.8) is 0 Å². The molecule has 1 N–H and O–H groups in total. The summed E-state index contributed by atoms with van der Waals surface area (Å²) in [5.41, 5.74) is -0.683. The first-order valence-corrected chi connectivity index (χ1v) is 2.96. The average molecular weight is 139 g/mol. The molecule has 0 aromatic carbocycles. The molecule has 1 heterocycles. The van der Waals surface area contributed by atoms with Crippen LogP contribution in [0.5, 0.6) is 0 Å². The first-order chi connectivity index (χ1) is 4.72. The lowest BCUT2D eigenvalue weighted by atomic mass is 10.1. The number of rotatable bonds is 2. The minimum atomic E-state index is -0.683. The number of carbonyl (C=O) groups excluding carboxylic acids is 1. The summed E-state index contributed by atoms with van der Waals surface area (Å²) in [6.45, 7) is 7.49. The van der Waals surface area contributed by atoms with Gasteiger partial charge in [-0.25, -0.2) is 4.79 Å². The highest BCUT2D eigenvalue weighted by atomic mass is 16.6. The van der Waals surface area contributed by atoms with Gasteiger partial charge in [0.1, 0.15) is 0 Å². The highest BCUT2D eigenvalue weighted by Crippen LogP contribution is 2.17. The quantitative estimate of drug-likeness (QED) is 0.575. The molecule has 54 valence electrons. The van der Waals surface area contributed by atoms with E-state index in [2.05, 4.69) is 18.5 Å². The Morgan fingerprint density at radius 1 is 1.60 bits per heavy atom. The van der Waals surface area contributed by atoms with Crippen molar-refractivity contribution in [2.45, 2.75) is 5.60 Å². The van der Waals surface area contributed by atoms with Gasteiger partial charge in [0.2, 0.25) is 0 Å². The molecule has 1 aliphatic heterocycles. The van der Waals surface area contributed by atoms with Crippen molar-refractivity contribution in [1.82, 2.24) is 5.32 Å². The normalized spacial score (nSPS) is 21.0. The van der Waals surface area contributed by atoms with Gasteiger partial charge in [0.15, 0.2) is 5.60 Å². The summed E-state index contributed by atoms with van der Waals surface area (Å²) in [7, 11) is 0. The number of hydrogen-bond acceptors (Lipinski definition) is 2. The van der Waals surface area contributed by atoms with Crippen molar-refractivity contribution in [2.75, 3.05) is 6.54 Å². The molecule has 1 saturated heterocycles. The van der Waals surface area contributed by atoms with E-state index in [0.29, 0.717) is 6.54 Å². The number of cyclic esters (lactones) is 1. The molecule has 0 aromatic heterocycles. The van der Waals surface area contributed by atoms with Crippen molar-refractivity contribution in [1.29, 1.82) is 0 Å². The summed E-state index contributed by atoms with van der Waals surface area (Å²) in [6, 6.07) is 0. The average Bonchev–Trinajstić information content (AvgIpc) is 2.33. The van der Waals surface area contributed by atoms with Gasteiger partial charge in [0.05, 0.1) is 6.54 Å².